The molecule has 2 aromatic rings. The number of fused-ring (bicyclic) bond motifs is 1. The topological polar surface area (TPSA) is 47.0 Å². The van der Waals surface area contributed by atoms with E-state index in [4.69, 9.17) is 4.74 Å². The smallest absolute Gasteiger partial charge is 0.0885 e. The van der Waals surface area contributed by atoms with Crippen molar-refractivity contribution in [2.75, 3.05) is 19.8 Å². The molecule has 3 heterocycles. The van der Waals surface area contributed by atoms with E-state index in [1.54, 1.807) is 12.4 Å². The van der Waals surface area contributed by atoms with E-state index in [-0.39, 0.29) is 6.04 Å². The highest BCUT2D eigenvalue weighted by Gasteiger charge is 2.15. The molecular weight excluding hydrogens is 202 g/mol. The van der Waals surface area contributed by atoms with Crippen LogP contribution in [-0.4, -0.2) is 29.7 Å². The molecule has 0 saturated carbocycles. The fourth-order valence-electron chi connectivity index (χ4n) is 1.96. The molecule has 1 aliphatic rings. The van der Waals surface area contributed by atoms with Crippen LogP contribution in [0.1, 0.15) is 11.6 Å². The van der Waals surface area contributed by atoms with Crippen molar-refractivity contribution in [1.29, 1.82) is 0 Å². The van der Waals surface area contributed by atoms with E-state index >= 15 is 0 Å². The number of nitrogens with one attached hydrogen (secondary N) is 1. The molecule has 4 nitrogen and oxygen atoms in total. The van der Waals surface area contributed by atoms with Gasteiger partial charge in [-0.2, -0.15) is 0 Å². The third kappa shape index (κ3) is 1.77. The van der Waals surface area contributed by atoms with Gasteiger partial charge in [0.1, 0.15) is 0 Å². The van der Waals surface area contributed by atoms with Crippen molar-refractivity contribution >= 4 is 10.9 Å². The Labute approximate surface area is 93.7 Å². The maximum Gasteiger partial charge on any atom is 0.0885 e. The summed E-state index contributed by atoms with van der Waals surface area (Å²) < 4.78 is 5.45. The Kier molecular flexibility index (Phi) is 2.52. The summed E-state index contributed by atoms with van der Waals surface area (Å²) in [6.45, 7) is 2.42. The van der Waals surface area contributed by atoms with Gasteiger partial charge in [0.05, 0.1) is 31.0 Å². The van der Waals surface area contributed by atoms with Crippen molar-refractivity contribution in [2.24, 2.45) is 0 Å². The molecule has 1 aliphatic heterocycles. The maximum atomic E-state index is 5.45. The minimum Gasteiger partial charge on any atom is -0.378 e. The van der Waals surface area contributed by atoms with Gasteiger partial charge in [0.25, 0.3) is 0 Å². The van der Waals surface area contributed by atoms with Crippen LogP contribution in [0.5, 0.6) is 0 Å². The molecule has 0 radical (unpaired) electrons. The van der Waals surface area contributed by atoms with Gasteiger partial charge in [-0.3, -0.25) is 9.97 Å². The van der Waals surface area contributed by atoms with Crippen LogP contribution in [0, 0.1) is 0 Å². The Morgan fingerprint density at radius 2 is 2.38 bits per heavy atom. The molecule has 4 heteroatoms. The van der Waals surface area contributed by atoms with Crippen molar-refractivity contribution in [2.45, 2.75) is 6.04 Å². The summed E-state index contributed by atoms with van der Waals surface area (Å²) in [4.78, 5) is 8.45. The molecular formula is C12H13N3O. The first-order chi connectivity index (χ1) is 7.93. The predicted molar refractivity (Wildman–Crippen MR) is 61.1 cm³/mol. The Hall–Kier alpha value is -1.52. The Balaban J connectivity index is 1.97. The van der Waals surface area contributed by atoms with Crippen molar-refractivity contribution in [1.82, 2.24) is 15.3 Å². The summed E-state index contributed by atoms with van der Waals surface area (Å²) >= 11 is 0. The predicted octanol–water partition coefficient (Wildman–Crippen LogP) is 1.29. The number of ether oxygens (including phenoxy) is 1. The van der Waals surface area contributed by atoms with Gasteiger partial charge in [0.15, 0.2) is 0 Å². The lowest BCUT2D eigenvalue weighted by Crippen LogP contribution is -2.34. The van der Waals surface area contributed by atoms with E-state index in [9.17, 15) is 0 Å². The van der Waals surface area contributed by atoms with Crippen LogP contribution in [0.3, 0.4) is 0 Å². The second-order valence-corrected chi connectivity index (χ2v) is 3.92. The monoisotopic (exact) mass is 215 g/mol. The molecule has 16 heavy (non-hydrogen) atoms. The Bertz CT molecular complexity index is 494. The van der Waals surface area contributed by atoms with Crippen LogP contribution in [0.15, 0.2) is 30.7 Å². The van der Waals surface area contributed by atoms with Crippen molar-refractivity contribution in [3.63, 3.8) is 0 Å². The van der Waals surface area contributed by atoms with E-state index in [0.717, 1.165) is 30.7 Å². The number of hydrogen-bond acceptors (Lipinski definition) is 4. The first kappa shape index (κ1) is 9.69. The standard InChI is InChI=1S/C12H13N3O/c1-2-13-7-11-9(1)5-10(6-15-11)12-8-16-4-3-14-12/h1-2,5-7,12,14H,3-4,8H2. The number of pyridine rings is 2. The van der Waals surface area contributed by atoms with E-state index in [1.165, 1.54) is 5.56 Å². The van der Waals surface area contributed by atoms with E-state index in [1.807, 2.05) is 12.3 Å². The summed E-state index contributed by atoms with van der Waals surface area (Å²) in [6.07, 6.45) is 5.47. The zero-order valence-corrected chi connectivity index (χ0v) is 8.89. The van der Waals surface area contributed by atoms with E-state index in [0.29, 0.717) is 0 Å². The molecule has 1 N–H and O–H groups in total. The minimum absolute atomic E-state index is 0.263. The van der Waals surface area contributed by atoms with Crippen molar-refractivity contribution in [3.8, 4) is 0 Å². The molecule has 0 aliphatic carbocycles. The molecule has 0 spiro atoms. The van der Waals surface area contributed by atoms with Crippen LogP contribution >= 0.6 is 0 Å². The lowest BCUT2D eigenvalue weighted by molar-refractivity contribution is 0.0768. The fraction of sp³-hybridized carbons (Fsp3) is 0.333. The van der Waals surface area contributed by atoms with Gasteiger partial charge in [-0.15, -0.1) is 0 Å². The van der Waals surface area contributed by atoms with E-state index < -0.39 is 0 Å². The molecule has 0 bridgehead atoms. The number of aromatic nitrogens is 2. The summed E-state index contributed by atoms with van der Waals surface area (Å²) in [5, 5.41) is 4.54. The van der Waals surface area contributed by atoms with Crippen molar-refractivity contribution in [3.05, 3.63) is 36.3 Å². The zero-order chi connectivity index (χ0) is 10.8. The lowest BCUT2D eigenvalue weighted by Gasteiger charge is -2.23. The second kappa shape index (κ2) is 4.15. The number of nitrogens with zero attached hydrogens (tertiary/aromatic N) is 2. The van der Waals surface area contributed by atoms with Crippen molar-refractivity contribution < 1.29 is 4.74 Å². The van der Waals surface area contributed by atoms with Gasteiger partial charge in [-0.25, -0.2) is 0 Å². The minimum atomic E-state index is 0.263. The van der Waals surface area contributed by atoms with Gasteiger partial charge < -0.3 is 10.1 Å². The Morgan fingerprint density at radius 1 is 1.38 bits per heavy atom. The largest absolute Gasteiger partial charge is 0.378 e. The lowest BCUT2D eigenvalue weighted by atomic mass is 10.1. The summed E-state index contributed by atoms with van der Waals surface area (Å²) in [5.74, 6) is 0. The Morgan fingerprint density at radius 3 is 3.25 bits per heavy atom. The molecule has 3 rings (SSSR count). The highest BCUT2D eigenvalue weighted by Crippen LogP contribution is 2.19. The first-order valence-corrected chi connectivity index (χ1v) is 5.44. The summed E-state index contributed by atoms with van der Waals surface area (Å²) in [6, 6.07) is 4.39. The molecule has 82 valence electrons. The number of morpholine rings is 1. The third-order valence-electron chi connectivity index (χ3n) is 2.83. The highest BCUT2D eigenvalue weighted by atomic mass is 16.5. The molecule has 1 unspecified atom stereocenters. The summed E-state index contributed by atoms with van der Waals surface area (Å²) in [7, 11) is 0. The second-order valence-electron chi connectivity index (χ2n) is 3.92. The van der Waals surface area contributed by atoms with Gasteiger partial charge in [-0.05, 0) is 17.7 Å². The molecule has 0 amide bonds. The zero-order valence-electron chi connectivity index (χ0n) is 8.89. The number of rotatable bonds is 1. The number of hydrogen-bond donors (Lipinski definition) is 1. The van der Waals surface area contributed by atoms with Crippen LogP contribution < -0.4 is 5.32 Å². The molecule has 1 saturated heterocycles. The average molecular weight is 215 g/mol. The SMILES string of the molecule is c1cc2cc(C3COCCN3)cnc2cn1. The first-order valence-electron chi connectivity index (χ1n) is 5.44. The molecule has 0 aromatic carbocycles. The fourth-order valence-corrected chi connectivity index (χ4v) is 1.96. The maximum absolute atomic E-state index is 5.45. The summed E-state index contributed by atoms with van der Waals surface area (Å²) in [5.41, 5.74) is 2.11. The molecule has 1 atom stereocenters. The van der Waals surface area contributed by atoms with Crippen LogP contribution in [0.4, 0.5) is 0 Å². The third-order valence-corrected chi connectivity index (χ3v) is 2.83. The van der Waals surface area contributed by atoms with Gasteiger partial charge >= 0.3 is 0 Å². The molecule has 1 fully saturated rings. The van der Waals surface area contributed by atoms with Crippen LogP contribution in [0.2, 0.25) is 0 Å². The quantitative estimate of drug-likeness (QED) is 0.778. The van der Waals surface area contributed by atoms with Crippen LogP contribution in [-0.2, 0) is 4.74 Å². The van der Waals surface area contributed by atoms with Gasteiger partial charge in [-0.1, -0.05) is 0 Å². The van der Waals surface area contributed by atoms with Gasteiger partial charge in [0, 0.05) is 24.3 Å². The molecule has 2 aromatic heterocycles. The highest BCUT2D eigenvalue weighted by molar-refractivity contribution is 5.77. The average Bonchev–Trinajstić information content (AvgIpc) is 2.39. The normalized spacial score (nSPS) is 21.1. The van der Waals surface area contributed by atoms with Gasteiger partial charge in [0.2, 0.25) is 0 Å². The van der Waals surface area contributed by atoms with E-state index in [2.05, 4.69) is 21.4 Å². The van der Waals surface area contributed by atoms with Crippen LogP contribution in [0.25, 0.3) is 10.9 Å².